The Morgan fingerprint density at radius 2 is 1.38 bits per heavy atom. The highest BCUT2D eigenvalue weighted by Gasteiger charge is 2.52. The molecule has 1 saturated heterocycles. The number of benzene rings is 2. The molecule has 2 aromatic carbocycles. The molecule has 0 bridgehead atoms. The normalized spacial score (nSPS) is 19.0. The van der Waals surface area contributed by atoms with Crippen LogP contribution in [0.25, 0.3) is 0 Å². The molecule has 0 amide bonds. The second kappa shape index (κ2) is 6.62. The van der Waals surface area contributed by atoms with Crippen LogP contribution in [-0.2, 0) is 15.5 Å². The fourth-order valence-electron chi connectivity index (χ4n) is 2.58. The molecule has 2 nitrogen and oxygen atoms in total. The quantitative estimate of drug-likeness (QED) is 0.686. The highest BCUT2D eigenvalue weighted by atomic mass is 32.2. The summed E-state index contributed by atoms with van der Waals surface area (Å²) in [5.41, 5.74) is -0.690. The lowest BCUT2D eigenvalue weighted by Gasteiger charge is -2.32. The van der Waals surface area contributed by atoms with Crippen LogP contribution in [0.5, 0.6) is 0 Å². The molecule has 0 atom stereocenters. The predicted octanol–water partition coefficient (Wildman–Crippen LogP) is 5.16. The Morgan fingerprint density at radius 1 is 0.846 bits per heavy atom. The molecule has 0 saturated carbocycles. The van der Waals surface area contributed by atoms with Gasteiger partial charge in [0.2, 0.25) is 0 Å². The fraction of sp³-hybridized carbons (Fsp3) is 0.368. The van der Waals surface area contributed by atoms with E-state index in [1.807, 2.05) is 52.0 Å². The molecular formula is C19H20BF3O2S. The van der Waals surface area contributed by atoms with Gasteiger partial charge in [0.15, 0.2) is 0 Å². The summed E-state index contributed by atoms with van der Waals surface area (Å²) < 4.78 is 50.4. The fourth-order valence-corrected chi connectivity index (χ4v) is 3.53. The van der Waals surface area contributed by atoms with E-state index >= 15 is 0 Å². The van der Waals surface area contributed by atoms with Crippen molar-refractivity contribution in [2.24, 2.45) is 0 Å². The molecule has 138 valence electrons. The van der Waals surface area contributed by atoms with Gasteiger partial charge in [-0.3, -0.25) is 0 Å². The lowest BCUT2D eigenvalue weighted by atomic mass is 9.79. The Bertz CT molecular complexity index is 772. The van der Waals surface area contributed by atoms with Gasteiger partial charge in [0.25, 0.3) is 0 Å². The maximum absolute atomic E-state index is 12.7. The SMILES string of the molecule is CC1(C)OB(c2ccccc2Sc2ccc(C(F)(F)F)cc2)OC1(C)C. The Morgan fingerprint density at radius 3 is 1.92 bits per heavy atom. The number of alkyl halides is 3. The molecule has 2 aromatic rings. The van der Waals surface area contributed by atoms with Gasteiger partial charge in [-0.2, -0.15) is 13.2 Å². The minimum atomic E-state index is -4.33. The van der Waals surface area contributed by atoms with E-state index in [9.17, 15) is 13.2 Å². The summed E-state index contributed by atoms with van der Waals surface area (Å²) in [4.78, 5) is 1.62. The Kier molecular flexibility index (Phi) is 4.92. The lowest BCUT2D eigenvalue weighted by molar-refractivity contribution is -0.137. The van der Waals surface area contributed by atoms with Crippen LogP contribution in [0.1, 0.15) is 33.3 Å². The topological polar surface area (TPSA) is 18.5 Å². The Hall–Kier alpha value is -1.44. The first-order valence-corrected chi connectivity index (χ1v) is 9.11. The van der Waals surface area contributed by atoms with Crippen molar-refractivity contribution in [1.82, 2.24) is 0 Å². The zero-order valence-electron chi connectivity index (χ0n) is 15.1. The molecule has 1 heterocycles. The molecule has 7 heteroatoms. The molecular weight excluding hydrogens is 360 g/mol. The van der Waals surface area contributed by atoms with E-state index in [1.165, 1.54) is 23.9 Å². The number of hydrogen-bond donors (Lipinski definition) is 0. The first-order valence-electron chi connectivity index (χ1n) is 8.29. The van der Waals surface area contributed by atoms with Crippen LogP contribution >= 0.6 is 11.8 Å². The van der Waals surface area contributed by atoms with Crippen molar-refractivity contribution in [1.29, 1.82) is 0 Å². The summed E-state index contributed by atoms with van der Waals surface area (Å²) in [5.74, 6) is 0. The second-order valence-corrected chi connectivity index (χ2v) is 8.37. The largest absolute Gasteiger partial charge is 0.495 e. The van der Waals surface area contributed by atoms with Gasteiger partial charge in [-0.15, -0.1) is 0 Å². The average molecular weight is 380 g/mol. The van der Waals surface area contributed by atoms with Crippen LogP contribution in [0.4, 0.5) is 13.2 Å². The predicted molar refractivity (Wildman–Crippen MR) is 97.7 cm³/mol. The third-order valence-electron chi connectivity index (χ3n) is 4.84. The van der Waals surface area contributed by atoms with E-state index in [-0.39, 0.29) is 0 Å². The maximum atomic E-state index is 12.7. The number of hydrogen-bond acceptors (Lipinski definition) is 3. The molecule has 0 N–H and O–H groups in total. The van der Waals surface area contributed by atoms with Gasteiger partial charge < -0.3 is 9.31 Å². The number of halogens is 3. The standard InChI is InChI=1S/C19H20BF3O2S/c1-17(2)18(3,4)25-20(24-17)15-7-5-6-8-16(15)26-14-11-9-13(10-12-14)19(21,22)23/h5-12H,1-4H3. The Labute approximate surface area is 156 Å². The smallest absolute Gasteiger partial charge is 0.399 e. The van der Waals surface area contributed by atoms with Crippen LogP contribution in [0, 0.1) is 0 Å². The van der Waals surface area contributed by atoms with Gasteiger partial charge in [0.1, 0.15) is 0 Å². The van der Waals surface area contributed by atoms with Crippen molar-refractivity contribution in [3.8, 4) is 0 Å². The van der Waals surface area contributed by atoms with Crippen LogP contribution in [-0.4, -0.2) is 18.3 Å². The second-order valence-electron chi connectivity index (χ2n) is 7.25. The van der Waals surface area contributed by atoms with E-state index in [1.54, 1.807) is 0 Å². The molecule has 3 rings (SSSR count). The first-order chi connectivity index (χ1) is 12.0. The van der Waals surface area contributed by atoms with Gasteiger partial charge >= 0.3 is 13.3 Å². The van der Waals surface area contributed by atoms with Crippen molar-refractivity contribution in [2.45, 2.75) is 54.9 Å². The molecule has 0 aromatic heterocycles. The van der Waals surface area contributed by atoms with E-state index in [0.29, 0.717) is 0 Å². The molecule has 0 unspecified atom stereocenters. The maximum Gasteiger partial charge on any atom is 0.495 e. The third kappa shape index (κ3) is 3.80. The molecule has 0 spiro atoms. The molecule has 0 radical (unpaired) electrons. The highest BCUT2D eigenvalue weighted by Crippen LogP contribution is 2.38. The van der Waals surface area contributed by atoms with E-state index in [4.69, 9.17) is 9.31 Å². The van der Waals surface area contributed by atoms with Crippen LogP contribution < -0.4 is 5.46 Å². The summed E-state index contributed by atoms with van der Waals surface area (Å²) in [6.07, 6.45) is -4.33. The van der Waals surface area contributed by atoms with Crippen molar-refractivity contribution in [3.63, 3.8) is 0 Å². The van der Waals surface area contributed by atoms with Crippen LogP contribution in [0.15, 0.2) is 58.3 Å². The van der Waals surface area contributed by atoms with Crippen molar-refractivity contribution in [3.05, 3.63) is 54.1 Å². The summed E-state index contributed by atoms with van der Waals surface area (Å²) in [5, 5.41) is 0. The van der Waals surface area contributed by atoms with Gasteiger partial charge in [-0.05, 0) is 63.5 Å². The van der Waals surface area contributed by atoms with E-state index < -0.39 is 30.1 Å². The third-order valence-corrected chi connectivity index (χ3v) is 5.94. The summed E-state index contributed by atoms with van der Waals surface area (Å²) in [7, 11) is -0.516. The first kappa shape index (κ1) is 19.3. The summed E-state index contributed by atoms with van der Waals surface area (Å²) in [6, 6.07) is 12.8. The van der Waals surface area contributed by atoms with Crippen LogP contribution in [0.3, 0.4) is 0 Å². The molecule has 0 aliphatic carbocycles. The van der Waals surface area contributed by atoms with Crippen molar-refractivity contribution < 1.29 is 22.5 Å². The monoisotopic (exact) mass is 380 g/mol. The molecule has 26 heavy (non-hydrogen) atoms. The van der Waals surface area contributed by atoms with Crippen molar-refractivity contribution in [2.75, 3.05) is 0 Å². The molecule has 1 aliphatic rings. The lowest BCUT2D eigenvalue weighted by Crippen LogP contribution is -2.41. The van der Waals surface area contributed by atoms with Crippen molar-refractivity contribution >= 4 is 24.3 Å². The minimum absolute atomic E-state index is 0.455. The van der Waals surface area contributed by atoms with E-state index in [0.717, 1.165) is 27.4 Å². The Balaban J connectivity index is 1.85. The minimum Gasteiger partial charge on any atom is -0.399 e. The van der Waals surface area contributed by atoms with Crippen LogP contribution in [0.2, 0.25) is 0 Å². The molecule has 1 aliphatic heterocycles. The van der Waals surface area contributed by atoms with Gasteiger partial charge in [0.05, 0.1) is 16.8 Å². The summed E-state index contributed by atoms with van der Waals surface area (Å²) >= 11 is 1.39. The molecule has 1 fully saturated rings. The zero-order chi connectivity index (χ0) is 19.2. The number of rotatable bonds is 3. The zero-order valence-corrected chi connectivity index (χ0v) is 15.9. The average Bonchev–Trinajstić information content (AvgIpc) is 2.75. The summed E-state index contributed by atoms with van der Waals surface area (Å²) in [6.45, 7) is 7.94. The van der Waals surface area contributed by atoms with E-state index in [2.05, 4.69) is 0 Å². The van der Waals surface area contributed by atoms with Gasteiger partial charge in [-0.1, -0.05) is 30.0 Å². The highest BCUT2D eigenvalue weighted by molar-refractivity contribution is 7.99. The van der Waals surface area contributed by atoms with Gasteiger partial charge in [0, 0.05) is 9.79 Å². The van der Waals surface area contributed by atoms with Gasteiger partial charge in [-0.25, -0.2) is 0 Å².